The summed E-state index contributed by atoms with van der Waals surface area (Å²) < 4.78 is 22.1. The fraction of sp³-hybridized carbons (Fsp3) is 0.208. The zero-order valence-corrected chi connectivity index (χ0v) is 16.4. The molecular weight excluding hydrogens is 368 g/mol. The van der Waals surface area contributed by atoms with Crippen molar-refractivity contribution in [1.29, 1.82) is 0 Å². The smallest absolute Gasteiger partial charge is 0.333 e. The molecule has 0 unspecified atom stereocenters. The summed E-state index contributed by atoms with van der Waals surface area (Å²) in [5.74, 6) is 1.95. The molecule has 0 radical (unpaired) electrons. The maximum Gasteiger partial charge on any atom is 0.333 e. The maximum absolute atomic E-state index is 11.3. The molecule has 150 valence electrons. The van der Waals surface area contributed by atoms with Crippen molar-refractivity contribution in [3.8, 4) is 17.2 Å². The van der Waals surface area contributed by atoms with Gasteiger partial charge in [0.05, 0.1) is 13.2 Å². The third-order valence-corrected chi connectivity index (χ3v) is 4.09. The monoisotopic (exact) mass is 392 g/mol. The lowest BCUT2D eigenvalue weighted by molar-refractivity contribution is -0.140. The number of rotatable bonds is 10. The minimum Gasteiger partial charge on any atom is -0.491 e. The van der Waals surface area contributed by atoms with E-state index in [4.69, 9.17) is 18.9 Å². The van der Waals surface area contributed by atoms with Gasteiger partial charge in [-0.05, 0) is 48.7 Å². The van der Waals surface area contributed by atoms with Crippen LogP contribution in [0.5, 0.6) is 17.2 Å². The van der Waals surface area contributed by atoms with Crippen molar-refractivity contribution in [1.82, 2.24) is 0 Å². The molecule has 0 aliphatic heterocycles. The number of carbonyl (C=O) groups is 1. The molecule has 3 aromatic rings. The fourth-order valence-corrected chi connectivity index (χ4v) is 2.68. The molecule has 0 atom stereocenters. The lowest BCUT2D eigenvalue weighted by Gasteiger charge is -2.11. The lowest BCUT2D eigenvalue weighted by Crippen LogP contribution is -2.13. The molecule has 0 saturated heterocycles. The highest BCUT2D eigenvalue weighted by atomic mass is 16.6. The second-order valence-corrected chi connectivity index (χ2v) is 6.43. The Morgan fingerprint density at radius 1 is 0.862 bits per heavy atom. The molecule has 29 heavy (non-hydrogen) atoms. The SMILES string of the molecule is C=C(C)C(=O)OCCOCCOc1cccc2cc(Oc3ccccc3)ccc12. The Morgan fingerprint density at radius 3 is 2.45 bits per heavy atom. The van der Waals surface area contributed by atoms with Crippen molar-refractivity contribution in [2.24, 2.45) is 0 Å². The fourth-order valence-electron chi connectivity index (χ4n) is 2.68. The molecule has 0 aromatic heterocycles. The van der Waals surface area contributed by atoms with Crippen LogP contribution in [0.3, 0.4) is 0 Å². The molecule has 3 rings (SSSR count). The number of fused-ring (bicyclic) bond motifs is 1. The van der Waals surface area contributed by atoms with Crippen LogP contribution in [-0.2, 0) is 14.3 Å². The van der Waals surface area contributed by atoms with Crippen molar-refractivity contribution in [3.05, 3.63) is 78.9 Å². The van der Waals surface area contributed by atoms with Gasteiger partial charge in [-0.3, -0.25) is 0 Å². The zero-order valence-electron chi connectivity index (χ0n) is 16.4. The van der Waals surface area contributed by atoms with E-state index < -0.39 is 5.97 Å². The summed E-state index contributed by atoms with van der Waals surface area (Å²) in [7, 11) is 0. The van der Waals surface area contributed by atoms with E-state index in [1.165, 1.54) is 0 Å². The molecule has 0 fully saturated rings. The molecule has 5 heteroatoms. The van der Waals surface area contributed by atoms with Crippen LogP contribution < -0.4 is 9.47 Å². The molecule has 0 spiro atoms. The van der Waals surface area contributed by atoms with Gasteiger partial charge >= 0.3 is 5.97 Å². The quantitative estimate of drug-likeness (QED) is 0.271. The van der Waals surface area contributed by atoms with Crippen molar-refractivity contribution >= 4 is 16.7 Å². The van der Waals surface area contributed by atoms with E-state index >= 15 is 0 Å². The summed E-state index contributed by atoms with van der Waals surface area (Å²) in [4.78, 5) is 11.3. The van der Waals surface area contributed by atoms with Crippen molar-refractivity contribution < 1.29 is 23.7 Å². The van der Waals surface area contributed by atoms with Crippen LogP contribution in [0.15, 0.2) is 78.9 Å². The molecule has 5 nitrogen and oxygen atoms in total. The largest absolute Gasteiger partial charge is 0.491 e. The highest BCUT2D eigenvalue weighted by molar-refractivity contribution is 5.89. The Hall–Kier alpha value is -3.31. The van der Waals surface area contributed by atoms with Gasteiger partial charge in [-0.15, -0.1) is 0 Å². The predicted molar refractivity (Wildman–Crippen MR) is 113 cm³/mol. The number of ether oxygens (including phenoxy) is 4. The first kappa shape index (κ1) is 20.4. The van der Waals surface area contributed by atoms with Crippen LogP contribution in [0.1, 0.15) is 6.92 Å². The number of para-hydroxylation sites is 1. The molecule has 0 aliphatic carbocycles. The van der Waals surface area contributed by atoms with Gasteiger partial charge in [-0.25, -0.2) is 4.79 Å². The first-order chi connectivity index (χ1) is 14.1. The Labute approximate surface area is 170 Å². The minimum absolute atomic E-state index is 0.199. The first-order valence-electron chi connectivity index (χ1n) is 9.42. The van der Waals surface area contributed by atoms with E-state index in [9.17, 15) is 4.79 Å². The van der Waals surface area contributed by atoms with Crippen LogP contribution in [-0.4, -0.2) is 32.4 Å². The topological polar surface area (TPSA) is 54.0 Å². The van der Waals surface area contributed by atoms with Gasteiger partial charge in [0.15, 0.2) is 0 Å². The number of hydrogen-bond acceptors (Lipinski definition) is 5. The van der Waals surface area contributed by atoms with Gasteiger partial charge in [0.2, 0.25) is 0 Å². The van der Waals surface area contributed by atoms with Gasteiger partial charge in [0.25, 0.3) is 0 Å². The summed E-state index contributed by atoms with van der Waals surface area (Å²) in [6, 6.07) is 21.5. The van der Waals surface area contributed by atoms with Crippen LogP contribution in [0.4, 0.5) is 0 Å². The minimum atomic E-state index is -0.406. The molecule has 0 amide bonds. The average molecular weight is 392 g/mol. The van der Waals surface area contributed by atoms with Crippen LogP contribution in [0, 0.1) is 0 Å². The van der Waals surface area contributed by atoms with E-state index in [-0.39, 0.29) is 6.61 Å². The molecular formula is C24H24O5. The number of benzene rings is 3. The van der Waals surface area contributed by atoms with E-state index in [1.807, 2.05) is 66.7 Å². The number of hydrogen-bond donors (Lipinski definition) is 0. The molecule has 3 aromatic carbocycles. The van der Waals surface area contributed by atoms with Crippen LogP contribution in [0.2, 0.25) is 0 Å². The van der Waals surface area contributed by atoms with E-state index in [1.54, 1.807) is 6.92 Å². The Bertz CT molecular complexity index is 965. The van der Waals surface area contributed by atoms with Crippen molar-refractivity contribution in [2.45, 2.75) is 6.92 Å². The highest BCUT2D eigenvalue weighted by Crippen LogP contribution is 2.30. The van der Waals surface area contributed by atoms with Gasteiger partial charge in [0.1, 0.15) is 30.5 Å². The normalized spacial score (nSPS) is 10.5. The summed E-state index contributed by atoms with van der Waals surface area (Å²) in [5.41, 5.74) is 0.376. The second kappa shape index (κ2) is 10.3. The van der Waals surface area contributed by atoms with E-state index in [0.717, 1.165) is 28.0 Å². The van der Waals surface area contributed by atoms with Crippen molar-refractivity contribution in [3.63, 3.8) is 0 Å². The van der Waals surface area contributed by atoms with Gasteiger partial charge in [-0.1, -0.05) is 36.9 Å². The summed E-state index contributed by atoms with van der Waals surface area (Å²) >= 11 is 0. The third kappa shape index (κ3) is 6.09. The molecule has 0 aliphatic rings. The van der Waals surface area contributed by atoms with E-state index in [0.29, 0.717) is 25.4 Å². The summed E-state index contributed by atoms with van der Waals surface area (Å²) in [5, 5.41) is 2.03. The van der Waals surface area contributed by atoms with Crippen LogP contribution >= 0.6 is 0 Å². The Kier molecular flexibility index (Phi) is 7.25. The molecule has 0 N–H and O–H groups in total. The Morgan fingerprint density at radius 2 is 1.66 bits per heavy atom. The number of carbonyl (C=O) groups excluding carboxylic acids is 1. The predicted octanol–water partition coefficient (Wildman–Crippen LogP) is 5.15. The average Bonchev–Trinajstić information content (AvgIpc) is 2.73. The third-order valence-electron chi connectivity index (χ3n) is 4.09. The Balaban J connectivity index is 1.50. The van der Waals surface area contributed by atoms with Gasteiger partial charge in [-0.2, -0.15) is 0 Å². The van der Waals surface area contributed by atoms with Gasteiger partial charge < -0.3 is 18.9 Å². The maximum atomic E-state index is 11.3. The van der Waals surface area contributed by atoms with E-state index in [2.05, 4.69) is 6.58 Å². The first-order valence-corrected chi connectivity index (χ1v) is 9.42. The second-order valence-electron chi connectivity index (χ2n) is 6.43. The standard InChI is InChI=1S/C24H24O5/c1-18(2)24(25)28-16-14-26-13-15-27-23-10-6-7-19-17-21(11-12-22(19)23)29-20-8-4-3-5-9-20/h3-12,17H,1,13-16H2,2H3. The van der Waals surface area contributed by atoms with Gasteiger partial charge in [0, 0.05) is 11.0 Å². The summed E-state index contributed by atoms with van der Waals surface area (Å²) in [6.07, 6.45) is 0. The molecule has 0 bridgehead atoms. The van der Waals surface area contributed by atoms with Crippen LogP contribution in [0.25, 0.3) is 10.8 Å². The molecule has 0 saturated carbocycles. The zero-order chi connectivity index (χ0) is 20.5. The molecule has 0 heterocycles. The highest BCUT2D eigenvalue weighted by Gasteiger charge is 2.05. The summed E-state index contributed by atoms with van der Waals surface area (Å²) in [6.45, 7) is 6.45. The lowest BCUT2D eigenvalue weighted by atomic mass is 10.1. The number of esters is 1. The van der Waals surface area contributed by atoms with Crippen molar-refractivity contribution in [2.75, 3.05) is 26.4 Å².